The molecule has 0 atom stereocenters. The quantitative estimate of drug-likeness (QED) is 0.884. The summed E-state index contributed by atoms with van der Waals surface area (Å²) in [6.45, 7) is 8.83. The Labute approximate surface area is 106 Å². The van der Waals surface area contributed by atoms with E-state index in [-0.39, 0.29) is 0 Å². The zero-order valence-corrected chi connectivity index (χ0v) is 11.3. The molecule has 17 heavy (non-hydrogen) atoms. The number of nitrogens with one attached hydrogen (secondary N) is 1. The van der Waals surface area contributed by atoms with Crippen LogP contribution in [0.1, 0.15) is 29.1 Å². The van der Waals surface area contributed by atoms with Crippen LogP contribution in [0.5, 0.6) is 0 Å². The predicted molar refractivity (Wildman–Crippen MR) is 70.3 cm³/mol. The lowest BCUT2D eigenvalue weighted by atomic mass is 10.4. The third-order valence-corrected chi connectivity index (χ3v) is 3.50. The fourth-order valence-corrected chi connectivity index (χ4v) is 2.37. The van der Waals surface area contributed by atoms with Crippen molar-refractivity contribution >= 4 is 11.3 Å². The summed E-state index contributed by atoms with van der Waals surface area (Å²) in [4.78, 5) is 8.87. The van der Waals surface area contributed by atoms with Gasteiger partial charge in [0.25, 0.3) is 0 Å². The highest BCUT2D eigenvalue weighted by Crippen LogP contribution is 2.12. The van der Waals surface area contributed by atoms with Crippen molar-refractivity contribution in [1.82, 2.24) is 19.9 Å². The van der Waals surface area contributed by atoms with E-state index in [1.807, 2.05) is 20.0 Å². The minimum Gasteiger partial charge on any atom is -0.325 e. The topological polar surface area (TPSA) is 42.7 Å². The van der Waals surface area contributed by atoms with Gasteiger partial charge in [0, 0.05) is 18.1 Å². The number of hydrogen-bond donors (Lipinski definition) is 1. The molecule has 0 aliphatic carbocycles. The largest absolute Gasteiger partial charge is 0.325 e. The van der Waals surface area contributed by atoms with E-state index in [1.165, 1.54) is 5.69 Å². The molecule has 0 radical (unpaired) electrons. The van der Waals surface area contributed by atoms with Crippen LogP contribution in [-0.2, 0) is 13.1 Å². The Morgan fingerprint density at radius 2 is 2.24 bits per heavy atom. The van der Waals surface area contributed by atoms with Crippen LogP contribution in [0.3, 0.4) is 0 Å². The van der Waals surface area contributed by atoms with E-state index in [0.29, 0.717) is 0 Å². The third-order valence-electron chi connectivity index (χ3n) is 2.68. The lowest BCUT2D eigenvalue weighted by molar-refractivity contribution is 0.641. The Kier molecular flexibility index (Phi) is 3.91. The van der Waals surface area contributed by atoms with E-state index in [2.05, 4.69) is 32.2 Å². The number of thiazole rings is 1. The van der Waals surface area contributed by atoms with Gasteiger partial charge in [0.1, 0.15) is 5.82 Å². The van der Waals surface area contributed by atoms with Gasteiger partial charge in [-0.25, -0.2) is 9.97 Å². The second-order valence-corrected chi connectivity index (χ2v) is 5.08. The molecule has 0 saturated heterocycles. The Hall–Kier alpha value is -1.20. The molecule has 0 aliphatic heterocycles. The van der Waals surface area contributed by atoms with Crippen LogP contribution >= 0.6 is 11.3 Å². The molecule has 0 aliphatic rings. The highest BCUT2D eigenvalue weighted by atomic mass is 32.1. The molecule has 0 amide bonds. The molecule has 92 valence electrons. The molecule has 0 aromatic carbocycles. The molecule has 0 fully saturated rings. The average Bonchev–Trinajstić information content (AvgIpc) is 2.86. The molecule has 0 unspecified atom stereocenters. The van der Waals surface area contributed by atoms with Gasteiger partial charge in [-0.15, -0.1) is 11.3 Å². The molecule has 0 spiro atoms. The molecule has 1 N–H and O–H groups in total. The summed E-state index contributed by atoms with van der Waals surface area (Å²) < 4.78 is 2.22. The van der Waals surface area contributed by atoms with Crippen LogP contribution in [-0.4, -0.2) is 21.1 Å². The molecule has 5 heteroatoms. The minimum atomic E-state index is 0.816. The summed E-state index contributed by atoms with van der Waals surface area (Å²) in [5.74, 6) is 1.04. The number of imidazole rings is 1. The normalized spacial score (nSPS) is 11.0. The zero-order valence-electron chi connectivity index (χ0n) is 10.5. The van der Waals surface area contributed by atoms with Crippen LogP contribution < -0.4 is 5.32 Å². The molecule has 2 aromatic rings. The third kappa shape index (κ3) is 2.92. The van der Waals surface area contributed by atoms with Gasteiger partial charge in [-0.3, -0.25) is 0 Å². The number of aromatic nitrogens is 3. The highest BCUT2D eigenvalue weighted by Gasteiger charge is 2.08. The molecule has 2 rings (SSSR count). The second kappa shape index (κ2) is 5.42. The minimum absolute atomic E-state index is 0.816. The van der Waals surface area contributed by atoms with E-state index >= 15 is 0 Å². The van der Waals surface area contributed by atoms with Crippen molar-refractivity contribution in [3.05, 3.63) is 33.8 Å². The van der Waals surface area contributed by atoms with Crippen molar-refractivity contribution in [1.29, 1.82) is 0 Å². The maximum atomic E-state index is 4.50. The molecule has 0 saturated carbocycles. The SMILES string of the molecule is CCNCc1cnc(C)n1Cc1csc(C)n1. The Morgan fingerprint density at radius 3 is 2.88 bits per heavy atom. The van der Waals surface area contributed by atoms with E-state index in [4.69, 9.17) is 0 Å². The fraction of sp³-hybridized carbons (Fsp3) is 0.500. The average molecular weight is 250 g/mol. The van der Waals surface area contributed by atoms with E-state index in [9.17, 15) is 0 Å². The fourth-order valence-electron chi connectivity index (χ4n) is 1.77. The standard InChI is InChI=1S/C12H18N4S/c1-4-13-5-12-6-14-9(2)16(12)7-11-8-17-10(3)15-11/h6,8,13H,4-5,7H2,1-3H3. The van der Waals surface area contributed by atoms with Gasteiger partial charge in [-0.2, -0.15) is 0 Å². The van der Waals surface area contributed by atoms with Crippen LogP contribution in [0.25, 0.3) is 0 Å². The summed E-state index contributed by atoms with van der Waals surface area (Å²) >= 11 is 1.70. The van der Waals surface area contributed by atoms with E-state index < -0.39 is 0 Å². The van der Waals surface area contributed by atoms with Crippen molar-refractivity contribution in [2.24, 2.45) is 0 Å². The van der Waals surface area contributed by atoms with E-state index in [0.717, 1.165) is 36.2 Å². The van der Waals surface area contributed by atoms with Crippen molar-refractivity contribution < 1.29 is 0 Å². The first-order valence-corrected chi connectivity index (χ1v) is 6.71. The lowest BCUT2D eigenvalue weighted by Crippen LogP contribution is -2.16. The van der Waals surface area contributed by atoms with Crippen LogP contribution in [0, 0.1) is 13.8 Å². The number of nitrogens with zero attached hydrogens (tertiary/aromatic N) is 3. The van der Waals surface area contributed by atoms with Crippen molar-refractivity contribution in [2.75, 3.05) is 6.54 Å². The van der Waals surface area contributed by atoms with Gasteiger partial charge in [0.15, 0.2) is 0 Å². The molecule has 0 bridgehead atoms. The number of aryl methyl sites for hydroxylation is 2. The summed E-state index contributed by atoms with van der Waals surface area (Å²) in [5, 5.41) is 6.56. The van der Waals surface area contributed by atoms with E-state index in [1.54, 1.807) is 11.3 Å². The first-order valence-electron chi connectivity index (χ1n) is 5.83. The Bertz CT molecular complexity index is 486. The summed E-state index contributed by atoms with van der Waals surface area (Å²) in [7, 11) is 0. The Balaban J connectivity index is 2.16. The number of rotatable bonds is 5. The molecule has 4 nitrogen and oxygen atoms in total. The van der Waals surface area contributed by atoms with Crippen LogP contribution in [0.4, 0.5) is 0 Å². The van der Waals surface area contributed by atoms with Gasteiger partial charge in [0.2, 0.25) is 0 Å². The molecular formula is C12H18N4S. The van der Waals surface area contributed by atoms with Crippen molar-refractivity contribution in [2.45, 2.75) is 33.9 Å². The summed E-state index contributed by atoms with van der Waals surface area (Å²) in [6.07, 6.45) is 1.94. The second-order valence-electron chi connectivity index (χ2n) is 4.02. The maximum Gasteiger partial charge on any atom is 0.106 e. The van der Waals surface area contributed by atoms with Gasteiger partial charge in [-0.1, -0.05) is 6.92 Å². The lowest BCUT2D eigenvalue weighted by Gasteiger charge is -2.08. The first-order chi connectivity index (χ1) is 8.20. The zero-order chi connectivity index (χ0) is 12.3. The molecular weight excluding hydrogens is 232 g/mol. The summed E-state index contributed by atoms with van der Waals surface area (Å²) in [6, 6.07) is 0. The number of hydrogen-bond acceptors (Lipinski definition) is 4. The van der Waals surface area contributed by atoms with Gasteiger partial charge < -0.3 is 9.88 Å². The van der Waals surface area contributed by atoms with Gasteiger partial charge >= 0.3 is 0 Å². The monoisotopic (exact) mass is 250 g/mol. The van der Waals surface area contributed by atoms with Gasteiger partial charge in [-0.05, 0) is 20.4 Å². The van der Waals surface area contributed by atoms with Gasteiger partial charge in [0.05, 0.1) is 22.9 Å². The molecule has 2 aromatic heterocycles. The first kappa shape index (κ1) is 12.3. The molecule has 2 heterocycles. The van der Waals surface area contributed by atoms with Crippen molar-refractivity contribution in [3.63, 3.8) is 0 Å². The Morgan fingerprint density at radius 1 is 1.41 bits per heavy atom. The van der Waals surface area contributed by atoms with Crippen molar-refractivity contribution in [3.8, 4) is 0 Å². The predicted octanol–water partition coefficient (Wildman–Crippen LogP) is 2.11. The maximum absolute atomic E-state index is 4.50. The highest BCUT2D eigenvalue weighted by molar-refractivity contribution is 7.09. The van der Waals surface area contributed by atoms with Crippen LogP contribution in [0.15, 0.2) is 11.6 Å². The van der Waals surface area contributed by atoms with Crippen LogP contribution in [0.2, 0.25) is 0 Å². The summed E-state index contributed by atoms with van der Waals surface area (Å²) in [5.41, 5.74) is 2.33. The smallest absolute Gasteiger partial charge is 0.106 e.